The molecule has 1 N–H and O–H groups in total. The molecule has 0 saturated carbocycles. The second kappa shape index (κ2) is 6.85. The van der Waals surface area contributed by atoms with Crippen LogP contribution in [0.2, 0.25) is 0 Å². The fourth-order valence-electron chi connectivity index (χ4n) is 2.23. The quantitative estimate of drug-likeness (QED) is 0.810. The van der Waals surface area contributed by atoms with Crippen molar-refractivity contribution >= 4 is 31.6 Å². The molecule has 0 aliphatic heterocycles. The van der Waals surface area contributed by atoms with Crippen LogP contribution in [0.25, 0.3) is 0 Å². The maximum absolute atomic E-state index is 12.7. The first-order valence-electron chi connectivity index (χ1n) is 7.42. The molecule has 1 aromatic carbocycles. The van der Waals surface area contributed by atoms with Crippen molar-refractivity contribution in [2.45, 2.75) is 37.6 Å². The lowest BCUT2D eigenvalue weighted by atomic mass is 9.90. The minimum atomic E-state index is -3.68. The van der Waals surface area contributed by atoms with E-state index >= 15 is 0 Å². The van der Waals surface area contributed by atoms with Gasteiger partial charge in [-0.05, 0) is 34.1 Å². The highest BCUT2D eigenvalue weighted by molar-refractivity contribution is 9.10. The number of benzene rings is 1. The molecule has 0 amide bonds. The number of hydrogen-bond acceptors (Lipinski definition) is 5. The monoisotopic (exact) mass is 415 g/mol. The second-order valence-corrected chi connectivity index (χ2v) is 9.36. The average Bonchev–Trinajstić information content (AvgIpc) is 2.94. The highest BCUT2D eigenvalue weighted by Crippen LogP contribution is 2.28. The van der Waals surface area contributed by atoms with Gasteiger partial charge < -0.3 is 9.42 Å². The molecule has 1 heterocycles. The predicted octanol–water partition coefficient (Wildman–Crippen LogP) is 3.28. The van der Waals surface area contributed by atoms with E-state index in [1.807, 2.05) is 45.8 Å². The Kier molecular flexibility index (Phi) is 5.41. The summed E-state index contributed by atoms with van der Waals surface area (Å²) in [7, 11) is 0.0436. The number of aromatic nitrogens is 1. The minimum absolute atomic E-state index is 0.122. The van der Waals surface area contributed by atoms with Gasteiger partial charge in [-0.1, -0.05) is 25.9 Å². The topological polar surface area (TPSA) is 75.4 Å². The van der Waals surface area contributed by atoms with E-state index in [1.54, 1.807) is 12.1 Å². The van der Waals surface area contributed by atoms with Gasteiger partial charge >= 0.3 is 0 Å². The molecule has 0 fully saturated rings. The van der Waals surface area contributed by atoms with E-state index < -0.39 is 10.0 Å². The van der Waals surface area contributed by atoms with Crippen molar-refractivity contribution in [3.05, 3.63) is 40.2 Å². The third-order valence-electron chi connectivity index (χ3n) is 3.53. The van der Waals surface area contributed by atoms with Crippen molar-refractivity contribution in [2.75, 3.05) is 19.0 Å². The summed E-state index contributed by atoms with van der Waals surface area (Å²) >= 11 is 3.31. The highest BCUT2D eigenvalue weighted by atomic mass is 79.9. The van der Waals surface area contributed by atoms with E-state index in [0.717, 1.165) is 16.9 Å². The number of rotatable bonds is 5. The van der Waals surface area contributed by atoms with Crippen LogP contribution in [0.5, 0.6) is 0 Å². The van der Waals surface area contributed by atoms with Crippen molar-refractivity contribution in [3.63, 3.8) is 0 Å². The first kappa shape index (κ1) is 19.0. The Hall–Kier alpha value is -1.38. The maximum Gasteiger partial charge on any atom is 0.242 e. The molecule has 2 rings (SSSR count). The summed E-state index contributed by atoms with van der Waals surface area (Å²) in [6, 6.07) is 5.20. The smallest absolute Gasteiger partial charge is 0.242 e. The van der Waals surface area contributed by atoms with E-state index in [2.05, 4.69) is 25.8 Å². The van der Waals surface area contributed by atoms with Crippen molar-refractivity contribution in [1.82, 2.24) is 9.88 Å². The second-order valence-electron chi connectivity index (χ2n) is 6.77. The minimum Gasteiger partial charge on any atom is -0.378 e. The van der Waals surface area contributed by atoms with E-state index in [1.165, 1.54) is 6.26 Å². The molecule has 0 unspecified atom stereocenters. The summed E-state index contributed by atoms with van der Waals surface area (Å²) in [5, 5.41) is 3.99. The molecule has 8 heteroatoms. The molecule has 2 aromatic rings. The summed E-state index contributed by atoms with van der Waals surface area (Å²) in [6.45, 7) is 6.12. The van der Waals surface area contributed by atoms with Crippen molar-refractivity contribution in [1.29, 1.82) is 0 Å². The number of nitrogens with one attached hydrogen (secondary N) is 1. The van der Waals surface area contributed by atoms with Crippen LogP contribution in [-0.4, -0.2) is 27.7 Å². The lowest BCUT2D eigenvalue weighted by Gasteiger charge is -2.17. The molecule has 0 aliphatic carbocycles. The molecule has 1 aromatic heterocycles. The largest absolute Gasteiger partial charge is 0.378 e. The first-order chi connectivity index (χ1) is 11.0. The molecule has 132 valence electrons. The molecule has 0 spiro atoms. The van der Waals surface area contributed by atoms with Crippen LogP contribution >= 0.6 is 15.9 Å². The van der Waals surface area contributed by atoms with Crippen LogP contribution in [-0.2, 0) is 22.0 Å². The Bertz CT molecular complexity index is 823. The van der Waals surface area contributed by atoms with E-state index in [9.17, 15) is 8.42 Å². The van der Waals surface area contributed by atoms with Crippen molar-refractivity contribution in [3.8, 4) is 0 Å². The van der Waals surface area contributed by atoms with Crippen molar-refractivity contribution in [2.24, 2.45) is 0 Å². The van der Waals surface area contributed by atoms with Gasteiger partial charge in [-0.2, -0.15) is 0 Å². The summed E-state index contributed by atoms with van der Waals surface area (Å²) < 4.78 is 33.5. The third-order valence-corrected chi connectivity index (χ3v) is 5.92. The molecule has 0 saturated heterocycles. The van der Waals surface area contributed by atoms with Gasteiger partial charge in [0.15, 0.2) is 0 Å². The van der Waals surface area contributed by atoms with Gasteiger partial charge in [-0.15, -0.1) is 0 Å². The van der Waals surface area contributed by atoms with Gasteiger partial charge in [0.05, 0.1) is 10.6 Å². The molecular formula is C16H22BrN3O3S. The van der Waals surface area contributed by atoms with Gasteiger partial charge in [-0.25, -0.2) is 13.1 Å². The molecule has 6 nitrogen and oxygen atoms in total. The van der Waals surface area contributed by atoms with Gasteiger partial charge in [0.25, 0.3) is 0 Å². The number of halogens is 1. The Morgan fingerprint density at radius 2 is 1.96 bits per heavy atom. The maximum atomic E-state index is 12.7. The standard InChI is InChI=1S/C16H22BrN3O3S/c1-16(2,3)15-11(10-23-19-15)9-18-24(21,22)14-8-12(20(4)5)6-7-13(14)17/h6-8,10,18H,9H2,1-5H3. The molecule has 0 radical (unpaired) electrons. The predicted molar refractivity (Wildman–Crippen MR) is 97.7 cm³/mol. The zero-order valence-electron chi connectivity index (χ0n) is 14.4. The van der Waals surface area contributed by atoms with Crippen molar-refractivity contribution < 1.29 is 12.9 Å². The summed E-state index contributed by atoms with van der Waals surface area (Å²) in [5.74, 6) is 0. The number of anilines is 1. The van der Waals surface area contributed by atoms with Crippen LogP contribution in [0.3, 0.4) is 0 Å². The number of hydrogen-bond donors (Lipinski definition) is 1. The fourth-order valence-corrected chi connectivity index (χ4v) is 4.22. The first-order valence-corrected chi connectivity index (χ1v) is 9.70. The molecule has 0 bridgehead atoms. The van der Waals surface area contributed by atoms with E-state index in [0.29, 0.717) is 4.47 Å². The zero-order valence-corrected chi connectivity index (χ0v) is 16.8. The van der Waals surface area contributed by atoms with Crippen LogP contribution in [0.4, 0.5) is 5.69 Å². The van der Waals surface area contributed by atoms with Gasteiger partial charge in [0.2, 0.25) is 10.0 Å². The molecule has 0 atom stereocenters. The Morgan fingerprint density at radius 1 is 1.29 bits per heavy atom. The number of nitrogens with zero attached hydrogens (tertiary/aromatic N) is 2. The number of sulfonamides is 1. The Balaban J connectivity index is 2.27. The normalized spacial score (nSPS) is 12.4. The fraction of sp³-hybridized carbons (Fsp3) is 0.438. The van der Waals surface area contributed by atoms with Gasteiger partial charge in [0, 0.05) is 41.8 Å². The van der Waals surface area contributed by atoms with Crippen LogP contribution in [0, 0.1) is 0 Å². The Morgan fingerprint density at radius 3 is 2.54 bits per heavy atom. The SMILES string of the molecule is CN(C)c1ccc(Br)c(S(=O)(=O)NCc2conc2C(C)(C)C)c1. The van der Waals surface area contributed by atoms with E-state index in [-0.39, 0.29) is 16.9 Å². The van der Waals surface area contributed by atoms with Crippen LogP contribution < -0.4 is 9.62 Å². The summed E-state index contributed by atoms with van der Waals surface area (Å²) in [5.41, 5.74) is 2.05. The van der Waals surface area contributed by atoms with Crippen LogP contribution in [0.1, 0.15) is 32.0 Å². The molecule has 0 aliphatic rings. The average molecular weight is 416 g/mol. The summed E-state index contributed by atoms with van der Waals surface area (Å²) in [4.78, 5) is 2.05. The lowest BCUT2D eigenvalue weighted by molar-refractivity contribution is 0.393. The molecular weight excluding hydrogens is 394 g/mol. The van der Waals surface area contributed by atoms with Gasteiger partial charge in [0.1, 0.15) is 6.26 Å². The van der Waals surface area contributed by atoms with Crippen LogP contribution in [0.15, 0.2) is 38.4 Å². The van der Waals surface area contributed by atoms with Gasteiger partial charge in [-0.3, -0.25) is 0 Å². The molecule has 24 heavy (non-hydrogen) atoms. The summed E-state index contributed by atoms with van der Waals surface area (Å²) in [6.07, 6.45) is 1.48. The third kappa shape index (κ3) is 4.17. The Labute approximate surface area is 151 Å². The van der Waals surface area contributed by atoms with E-state index in [4.69, 9.17) is 4.52 Å². The lowest BCUT2D eigenvalue weighted by Crippen LogP contribution is -2.25. The highest BCUT2D eigenvalue weighted by Gasteiger charge is 2.24. The zero-order chi connectivity index (χ0) is 18.1.